The van der Waals surface area contributed by atoms with Crippen molar-refractivity contribution in [3.8, 4) is 22.3 Å². The van der Waals surface area contributed by atoms with Crippen LogP contribution >= 0.6 is 23.9 Å². The average Bonchev–Trinajstić information content (AvgIpc) is 3.43. The highest BCUT2D eigenvalue weighted by Crippen LogP contribution is 2.43. The largest absolute Gasteiger partial charge is 0.495 e. The molecule has 1 aromatic heterocycles. The molecule has 2 heterocycles. The molecule has 0 spiro atoms. The van der Waals surface area contributed by atoms with Gasteiger partial charge >= 0.3 is 7.12 Å². The van der Waals surface area contributed by atoms with Crippen molar-refractivity contribution in [1.29, 1.82) is 0 Å². The summed E-state index contributed by atoms with van der Waals surface area (Å²) in [7, 11) is -0.719. The highest BCUT2D eigenvalue weighted by molar-refractivity contribution is 7.92. The lowest BCUT2D eigenvalue weighted by molar-refractivity contribution is -0.0387. The zero-order chi connectivity index (χ0) is 30.4. The summed E-state index contributed by atoms with van der Waals surface area (Å²) < 4.78 is 28.0. The van der Waals surface area contributed by atoms with Gasteiger partial charge in [0.1, 0.15) is 6.29 Å². The van der Waals surface area contributed by atoms with Gasteiger partial charge in [0.15, 0.2) is 12.3 Å². The molecule has 2 fully saturated rings. The molecular weight excluding hydrogens is 572 g/mol. The van der Waals surface area contributed by atoms with Crippen molar-refractivity contribution in [3.05, 3.63) is 76.9 Å². The Bertz CT molecular complexity index is 1620. The monoisotopic (exact) mass is 607 g/mol. The lowest BCUT2D eigenvalue weighted by Gasteiger charge is -2.37. The maximum Gasteiger partial charge on any atom is 0.495 e. The molecule has 9 heteroatoms. The normalized spacial score (nSPS) is 18.4. The molecule has 220 valence electrons. The standard InChI is InChI=1S/C31H30BClFNO4S.C2H6/c1-29(2)30(3,4)39-32(38-29)26-14-20(6-7-21(26)18-36)25-17-35(40-34)28-16-27(33)23(15-24(25)28)19-8-10-22(11-9-19)31(37)12-5-13-31;1-2/h6-11,14-18,37H,5,12-13H2,1-4H3;1-2H3. The molecular formula is C33H36BClFNO4S. The number of hydrogen-bond donors (Lipinski definition) is 1. The van der Waals surface area contributed by atoms with E-state index < -0.39 is 23.9 Å². The predicted molar refractivity (Wildman–Crippen MR) is 172 cm³/mol. The van der Waals surface area contributed by atoms with Gasteiger partial charge in [-0.15, -0.1) is 3.89 Å². The molecule has 3 aromatic carbocycles. The van der Waals surface area contributed by atoms with Gasteiger partial charge in [-0.3, -0.25) is 8.77 Å². The second-order valence-electron chi connectivity index (χ2n) is 11.8. The smallest absolute Gasteiger partial charge is 0.399 e. The number of halogens is 2. The van der Waals surface area contributed by atoms with E-state index in [-0.39, 0.29) is 12.3 Å². The van der Waals surface area contributed by atoms with Crippen LogP contribution in [-0.2, 0) is 14.9 Å². The Morgan fingerprint density at radius 2 is 1.57 bits per heavy atom. The summed E-state index contributed by atoms with van der Waals surface area (Å²) in [5, 5.41) is 12.0. The van der Waals surface area contributed by atoms with Gasteiger partial charge in [-0.2, -0.15) is 0 Å². The summed E-state index contributed by atoms with van der Waals surface area (Å²) in [6, 6.07) is 17.1. The molecule has 1 N–H and O–H groups in total. The first-order valence-corrected chi connectivity index (χ1v) is 15.4. The minimum absolute atomic E-state index is 0.0991. The lowest BCUT2D eigenvalue weighted by Crippen LogP contribution is -2.41. The van der Waals surface area contributed by atoms with Crippen molar-refractivity contribution in [1.82, 2.24) is 3.97 Å². The molecule has 4 aromatic rings. The highest BCUT2D eigenvalue weighted by Gasteiger charge is 2.52. The number of rotatable bonds is 6. The van der Waals surface area contributed by atoms with Crippen molar-refractivity contribution in [2.45, 2.75) is 77.6 Å². The van der Waals surface area contributed by atoms with Crippen molar-refractivity contribution in [3.63, 3.8) is 0 Å². The number of nitrogens with zero attached hydrogens (tertiary/aromatic N) is 1. The van der Waals surface area contributed by atoms with E-state index in [1.807, 2.05) is 84.0 Å². The number of aliphatic hydroxyl groups is 1. The van der Waals surface area contributed by atoms with Crippen LogP contribution in [0.15, 0.2) is 60.8 Å². The molecule has 2 aliphatic rings. The molecule has 0 radical (unpaired) electrons. The van der Waals surface area contributed by atoms with Crippen LogP contribution in [0.4, 0.5) is 3.89 Å². The lowest BCUT2D eigenvalue weighted by atomic mass is 9.75. The minimum Gasteiger partial charge on any atom is -0.399 e. The van der Waals surface area contributed by atoms with E-state index in [9.17, 15) is 13.8 Å². The SMILES string of the molecule is CC.CC1(C)OB(c2cc(-c3cn(SF)c4cc(Cl)c(-c5ccc(C6(O)CCC6)cc5)cc34)ccc2C=O)OC1(C)C. The van der Waals surface area contributed by atoms with E-state index in [0.717, 1.165) is 58.8 Å². The Morgan fingerprint density at radius 1 is 0.952 bits per heavy atom. The summed E-state index contributed by atoms with van der Waals surface area (Å²) in [6.45, 7) is 11.9. The number of hydrogen-bond acceptors (Lipinski definition) is 5. The van der Waals surface area contributed by atoms with E-state index in [1.54, 1.807) is 18.3 Å². The van der Waals surface area contributed by atoms with Crippen LogP contribution in [0.1, 0.15) is 76.7 Å². The second kappa shape index (κ2) is 11.5. The summed E-state index contributed by atoms with van der Waals surface area (Å²) in [5.41, 5.74) is 4.06. The van der Waals surface area contributed by atoms with Gasteiger partial charge in [-0.25, -0.2) is 0 Å². The van der Waals surface area contributed by atoms with E-state index in [4.69, 9.17) is 20.9 Å². The fourth-order valence-electron chi connectivity index (χ4n) is 5.51. The summed E-state index contributed by atoms with van der Waals surface area (Å²) in [5.74, 6) is 0. The van der Waals surface area contributed by atoms with Crippen molar-refractivity contribution >= 4 is 53.7 Å². The molecule has 0 bridgehead atoms. The van der Waals surface area contributed by atoms with E-state index in [0.29, 0.717) is 21.6 Å². The molecule has 1 aliphatic carbocycles. The van der Waals surface area contributed by atoms with Gasteiger partial charge in [0, 0.05) is 28.3 Å². The first-order chi connectivity index (χ1) is 20.0. The average molecular weight is 608 g/mol. The molecule has 0 unspecified atom stereocenters. The van der Waals surface area contributed by atoms with Crippen molar-refractivity contribution in [2.75, 3.05) is 0 Å². The molecule has 6 rings (SSSR count). The Labute approximate surface area is 256 Å². The van der Waals surface area contributed by atoms with Gasteiger partial charge < -0.3 is 14.4 Å². The maximum atomic E-state index is 14.1. The molecule has 0 amide bonds. The van der Waals surface area contributed by atoms with Crippen LogP contribution in [0.3, 0.4) is 0 Å². The number of carbonyl (C=O) groups is 1. The van der Waals surface area contributed by atoms with Crippen LogP contribution in [0.5, 0.6) is 0 Å². The Kier molecular flexibility index (Phi) is 8.42. The van der Waals surface area contributed by atoms with Crippen LogP contribution < -0.4 is 5.46 Å². The topological polar surface area (TPSA) is 60.7 Å². The summed E-state index contributed by atoms with van der Waals surface area (Å²) >= 11 is 6.83. The van der Waals surface area contributed by atoms with Gasteiger partial charge in [0.25, 0.3) is 0 Å². The summed E-state index contributed by atoms with van der Waals surface area (Å²) in [6.07, 6.45) is 5.10. The van der Waals surface area contributed by atoms with E-state index in [2.05, 4.69) is 0 Å². The summed E-state index contributed by atoms with van der Waals surface area (Å²) in [4.78, 5) is 12.0. The number of aromatic nitrogens is 1. The number of aldehydes is 1. The number of benzene rings is 3. The van der Waals surface area contributed by atoms with Gasteiger partial charge in [0.2, 0.25) is 0 Å². The third kappa shape index (κ3) is 5.22. The molecule has 5 nitrogen and oxygen atoms in total. The third-order valence-corrected chi connectivity index (χ3v) is 9.64. The molecule has 1 saturated carbocycles. The number of fused-ring (bicyclic) bond motifs is 1. The van der Waals surface area contributed by atoms with Crippen LogP contribution in [-0.4, -0.2) is 33.7 Å². The van der Waals surface area contributed by atoms with Gasteiger partial charge in [-0.05, 0) is 81.2 Å². The van der Waals surface area contributed by atoms with Crippen molar-refractivity contribution in [2.24, 2.45) is 0 Å². The maximum absolute atomic E-state index is 14.1. The van der Waals surface area contributed by atoms with Crippen LogP contribution in [0, 0.1) is 0 Å². The predicted octanol–water partition coefficient (Wildman–Crippen LogP) is 8.52. The van der Waals surface area contributed by atoms with Gasteiger partial charge in [0.05, 0.1) is 27.3 Å². The third-order valence-electron chi connectivity index (χ3n) is 8.88. The zero-order valence-electron chi connectivity index (χ0n) is 24.8. The van der Waals surface area contributed by atoms with Crippen LogP contribution in [0.25, 0.3) is 33.2 Å². The fourth-order valence-corrected chi connectivity index (χ4v) is 6.15. The Hall–Kier alpha value is -2.62. The van der Waals surface area contributed by atoms with Crippen LogP contribution in [0.2, 0.25) is 5.02 Å². The van der Waals surface area contributed by atoms with Crippen molar-refractivity contribution < 1.29 is 23.1 Å². The van der Waals surface area contributed by atoms with E-state index in [1.165, 1.54) is 3.97 Å². The first kappa shape index (κ1) is 30.8. The second-order valence-corrected chi connectivity index (χ2v) is 12.7. The molecule has 0 atom stereocenters. The minimum atomic E-state index is -0.739. The molecule has 1 saturated heterocycles. The highest BCUT2D eigenvalue weighted by atomic mass is 35.5. The fraction of sp³-hybridized carbons (Fsp3) is 0.364. The first-order valence-electron chi connectivity index (χ1n) is 14.4. The quantitative estimate of drug-likeness (QED) is 0.176. The van der Waals surface area contributed by atoms with Gasteiger partial charge in [-0.1, -0.05) is 67.9 Å². The molecule has 42 heavy (non-hydrogen) atoms. The Morgan fingerprint density at radius 3 is 2.12 bits per heavy atom. The molecule has 1 aliphatic heterocycles. The van der Waals surface area contributed by atoms with E-state index >= 15 is 0 Å². The zero-order valence-corrected chi connectivity index (χ0v) is 26.4. The number of carbonyl (C=O) groups excluding carboxylic acids is 1. The Balaban J connectivity index is 0.00000173.